The third-order valence-corrected chi connectivity index (χ3v) is 9.59. The molecule has 6 fully saturated rings. The van der Waals surface area contributed by atoms with E-state index in [0.717, 1.165) is 0 Å². The highest BCUT2D eigenvalue weighted by Crippen LogP contribution is 2.76. The van der Waals surface area contributed by atoms with Crippen LogP contribution in [0.1, 0.15) is 46.5 Å². The number of methoxy groups -OCH3 is 1. The molecule has 8 heteroatoms. The summed E-state index contributed by atoms with van der Waals surface area (Å²) in [6.45, 7) is 5.65. The maximum Gasteiger partial charge on any atom is 0.302 e. The van der Waals surface area contributed by atoms with Gasteiger partial charge in [-0.3, -0.25) is 9.59 Å². The van der Waals surface area contributed by atoms with Gasteiger partial charge in [-0.2, -0.15) is 0 Å². The second-order valence-electron chi connectivity index (χ2n) is 11.3. The molecule has 2 unspecified atom stereocenters. The van der Waals surface area contributed by atoms with E-state index >= 15 is 0 Å². The summed E-state index contributed by atoms with van der Waals surface area (Å²) in [5, 5.41) is 35.0. The Balaban J connectivity index is 1.74. The van der Waals surface area contributed by atoms with E-state index < -0.39 is 64.1 Å². The van der Waals surface area contributed by atoms with Crippen LogP contribution in [-0.2, 0) is 23.8 Å². The first kappa shape index (κ1) is 21.8. The summed E-state index contributed by atoms with van der Waals surface area (Å²) in [7, 11) is 1.53. The summed E-state index contributed by atoms with van der Waals surface area (Å²) >= 11 is 0. The molecule has 6 rings (SSSR count). The highest BCUT2D eigenvalue weighted by molar-refractivity contribution is 5.92. The van der Waals surface area contributed by atoms with Gasteiger partial charge in [0.25, 0.3) is 0 Å². The highest BCUT2D eigenvalue weighted by atomic mass is 16.6. The molecule has 6 aliphatic rings. The lowest BCUT2D eigenvalue weighted by molar-refractivity contribution is -0.455. The Bertz CT molecular complexity index is 811. The topological polar surface area (TPSA) is 123 Å². The number of carbonyl (C=O) groups is 2. The second kappa shape index (κ2) is 6.50. The van der Waals surface area contributed by atoms with Gasteiger partial charge in [0.15, 0.2) is 5.78 Å². The zero-order valence-electron chi connectivity index (χ0n) is 18.7. The standard InChI is InChI=1S/C23H34O8/c1-11(24)31-15-5-6-20(2,3)17-19(27)23(28)22-8-12(13(9-29-4)18(22)26)7-14(25)16(22)21(15,17)10-30-23/h12-17,19,25,27-28H,5-10H2,1-4H3/t12-,13-,14+,15+,16-,17-,19+,21-,22?,23?/m1/s1. The summed E-state index contributed by atoms with van der Waals surface area (Å²) in [6, 6.07) is 0. The maximum absolute atomic E-state index is 13.9. The van der Waals surface area contributed by atoms with Crippen molar-refractivity contribution in [1.29, 1.82) is 0 Å². The molecule has 2 saturated heterocycles. The largest absolute Gasteiger partial charge is 0.462 e. The molecule has 3 N–H and O–H groups in total. The summed E-state index contributed by atoms with van der Waals surface area (Å²) in [6.07, 6.45) is -0.829. The first-order chi connectivity index (χ1) is 14.5. The van der Waals surface area contributed by atoms with E-state index in [0.29, 0.717) is 25.7 Å². The predicted octanol–water partition coefficient (Wildman–Crippen LogP) is 0.653. The molecular weight excluding hydrogens is 404 g/mol. The Morgan fingerprint density at radius 1 is 1.26 bits per heavy atom. The number of carbonyl (C=O) groups excluding carboxylic acids is 2. The smallest absolute Gasteiger partial charge is 0.302 e. The third kappa shape index (κ3) is 2.33. The molecule has 4 saturated carbocycles. The first-order valence-electron chi connectivity index (χ1n) is 11.4. The van der Waals surface area contributed by atoms with Crippen molar-refractivity contribution >= 4 is 11.8 Å². The van der Waals surface area contributed by atoms with Crippen LogP contribution in [0, 0.1) is 39.9 Å². The summed E-state index contributed by atoms with van der Waals surface area (Å²) in [5.41, 5.74) is -2.81. The minimum atomic E-state index is -2.08. The normalized spacial score (nSPS) is 54.3. The first-order valence-corrected chi connectivity index (χ1v) is 11.4. The van der Waals surface area contributed by atoms with E-state index in [-0.39, 0.29) is 24.9 Å². The second-order valence-corrected chi connectivity index (χ2v) is 11.3. The molecule has 2 heterocycles. The number of ether oxygens (including phenoxy) is 3. The van der Waals surface area contributed by atoms with Gasteiger partial charge in [0.2, 0.25) is 5.79 Å². The van der Waals surface area contributed by atoms with E-state index in [1.165, 1.54) is 14.0 Å². The van der Waals surface area contributed by atoms with Gasteiger partial charge in [-0.25, -0.2) is 0 Å². The van der Waals surface area contributed by atoms with Gasteiger partial charge in [0, 0.05) is 37.2 Å². The van der Waals surface area contributed by atoms with Crippen molar-refractivity contribution in [2.24, 2.45) is 39.9 Å². The van der Waals surface area contributed by atoms with E-state index in [9.17, 15) is 24.9 Å². The number of rotatable bonds is 3. The van der Waals surface area contributed by atoms with Gasteiger partial charge < -0.3 is 29.5 Å². The molecule has 0 amide bonds. The molecule has 4 bridgehead atoms. The SMILES string of the molecule is COC[C@H]1C(=O)C23C[C@H]1C[C@H](O)[C@@H]2[C@]12COC3(O)[C@@H](O)[C@@H]1C(C)(C)CC[C@@H]2OC(C)=O. The number of hydrogen-bond acceptors (Lipinski definition) is 8. The zero-order chi connectivity index (χ0) is 22.6. The minimum absolute atomic E-state index is 0.0307. The summed E-state index contributed by atoms with van der Waals surface area (Å²) in [5.74, 6) is -4.51. The molecule has 2 aliphatic heterocycles. The zero-order valence-corrected chi connectivity index (χ0v) is 18.7. The van der Waals surface area contributed by atoms with Crippen LogP contribution in [0.3, 0.4) is 0 Å². The van der Waals surface area contributed by atoms with Crippen LogP contribution in [0.25, 0.3) is 0 Å². The molecule has 0 aromatic rings. The van der Waals surface area contributed by atoms with Crippen LogP contribution in [0.2, 0.25) is 0 Å². The lowest BCUT2D eigenvalue weighted by Crippen LogP contribution is -2.85. The lowest BCUT2D eigenvalue weighted by atomic mass is 9.35. The molecule has 10 atom stereocenters. The fourth-order valence-corrected chi connectivity index (χ4v) is 8.81. The molecular formula is C23H34O8. The van der Waals surface area contributed by atoms with Gasteiger partial charge in [-0.15, -0.1) is 0 Å². The minimum Gasteiger partial charge on any atom is -0.462 e. The van der Waals surface area contributed by atoms with Crippen LogP contribution in [0.15, 0.2) is 0 Å². The molecule has 0 radical (unpaired) electrons. The number of ketones is 1. The van der Waals surface area contributed by atoms with Crippen molar-refractivity contribution in [3.63, 3.8) is 0 Å². The van der Waals surface area contributed by atoms with Crippen molar-refractivity contribution in [2.75, 3.05) is 20.3 Å². The quantitative estimate of drug-likeness (QED) is 0.549. The van der Waals surface area contributed by atoms with Crippen molar-refractivity contribution in [1.82, 2.24) is 0 Å². The molecule has 174 valence electrons. The number of esters is 1. The molecule has 0 aromatic heterocycles. The van der Waals surface area contributed by atoms with Gasteiger partial charge >= 0.3 is 5.97 Å². The summed E-state index contributed by atoms with van der Waals surface area (Å²) < 4.78 is 17.1. The van der Waals surface area contributed by atoms with E-state index in [4.69, 9.17) is 14.2 Å². The third-order valence-electron chi connectivity index (χ3n) is 9.59. The monoisotopic (exact) mass is 438 g/mol. The van der Waals surface area contributed by atoms with Crippen molar-refractivity contribution in [2.45, 2.75) is 70.6 Å². The average Bonchev–Trinajstić information content (AvgIpc) is 2.88. The highest BCUT2D eigenvalue weighted by Gasteiger charge is 2.86. The Kier molecular flexibility index (Phi) is 4.57. The van der Waals surface area contributed by atoms with Crippen molar-refractivity contribution in [3.05, 3.63) is 0 Å². The molecule has 31 heavy (non-hydrogen) atoms. The Labute approximate surface area is 182 Å². The Morgan fingerprint density at radius 3 is 2.61 bits per heavy atom. The predicted molar refractivity (Wildman–Crippen MR) is 106 cm³/mol. The van der Waals surface area contributed by atoms with E-state index in [2.05, 4.69) is 0 Å². The number of fused-ring (bicyclic) bond motifs is 2. The van der Waals surface area contributed by atoms with Crippen molar-refractivity contribution < 1.29 is 39.1 Å². The van der Waals surface area contributed by atoms with Crippen LogP contribution in [0.4, 0.5) is 0 Å². The van der Waals surface area contributed by atoms with Gasteiger partial charge in [-0.1, -0.05) is 13.8 Å². The molecule has 0 aromatic carbocycles. The number of hydrogen-bond donors (Lipinski definition) is 3. The number of aliphatic hydroxyl groups is 3. The van der Waals surface area contributed by atoms with Gasteiger partial charge in [-0.05, 0) is 37.0 Å². The average molecular weight is 439 g/mol. The molecule has 8 nitrogen and oxygen atoms in total. The van der Waals surface area contributed by atoms with Crippen molar-refractivity contribution in [3.8, 4) is 0 Å². The summed E-state index contributed by atoms with van der Waals surface area (Å²) in [4.78, 5) is 26.0. The van der Waals surface area contributed by atoms with Gasteiger partial charge in [0.1, 0.15) is 12.2 Å². The molecule has 2 spiro atoms. The van der Waals surface area contributed by atoms with Crippen LogP contribution in [-0.4, -0.2) is 71.5 Å². The maximum atomic E-state index is 13.9. The van der Waals surface area contributed by atoms with Crippen LogP contribution in [0.5, 0.6) is 0 Å². The fraction of sp³-hybridized carbons (Fsp3) is 0.913. The number of Topliss-reactive ketones (excluding diaryl/α,β-unsaturated/α-hetero) is 1. The number of aliphatic hydroxyl groups excluding tert-OH is 2. The Morgan fingerprint density at radius 2 is 1.97 bits per heavy atom. The Hall–Kier alpha value is -1.06. The van der Waals surface area contributed by atoms with E-state index in [1.807, 2.05) is 13.8 Å². The molecule has 4 aliphatic carbocycles. The lowest BCUT2D eigenvalue weighted by Gasteiger charge is -2.74. The van der Waals surface area contributed by atoms with Gasteiger partial charge in [0.05, 0.1) is 24.7 Å². The fourth-order valence-electron chi connectivity index (χ4n) is 8.81. The van der Waals surface area contributed by atoms with Crippen LogP contribution >= 0.6 is 0 Å². The van der Waals surface area contributed by atoms with Crippen LogP contribution < -0.4 is 0 Å². The van der Waals surface area contributed by atoms with E-state index in [1.54, 1.807) is 0 Å².